The second-order valence-electron chi connectivity index (χ2n) is 5.62. The topological polar surface area (TPSA) is 128 Å². The molecule has 0 bridgehead atoms. The van der Waals surface area contributed by atoms with Crippen LogP contribution in [0.25, 0.3) is 11.1 Å². The van der Waals surface area contributed by atoms with E-state index in [4.69, 9.17) is 21.8 Å². The van der Waals surface area contributed by atoms with Crippen LogP contribution in [0.2, 0.25) is 0 Å². The number of anilines is 1. The van der Waals surface area contributed by atoms with E-state index < -0.39 is 95.0 Å². The van der Waals surface area contributed by atoms with Crippen LogP contribution in [0.5, 0.6) is 11.9 Å². The molecule has 0 spiro atoms. The molecule has 0 aliphatic heterocycles. The van der Waals surface area contributed by atoms with Gasteiger partial charge < -0.3 is 9.47 Å². The maximum absolute atomic E-state index is 12.6. The molecule has 0 atom stereocenters. The molecule has 3 rings (SSSR count). The largest absolute Gasteiger partial charge is 0.473 e. The Balaban J connectivity index is 2.14. The van der Waals surface area contributed by atoms with Gasteiger partial charge in [-0.2, -0.15) is 13.1 Å². The van der Waals surface area contributed by atoms with Crippen molar-refractivity contribution in [3.05, 3.63) is 51.8 Å². The molecule has 0 aliphatic carbocycles. The van der Waals surface area contributed by atoms with Gasteiger partial charge >= 0.3 is 6.01 Å². The Morgan fingerprint density at radius 2 is 1.78 bits per heavy atom. The molecule has 0 amide bonds. The summed E-state index contributed by atoms with van der Waals surface area (Å²) in [5, 5.41) is 0. The first-order valence-corrected chi connectivity index (χ1v) is 11.8. The minimum Gasteiger partial charge on any atom is -0.473 e. The molecule has 13 heteroatoms. The Kier molecular flexibility index (Phi) is 5.29. The molecule has 0 saturated heterocycles. The summed E-state index contributed by atoms with van der Waals surface area (Å²) in [5.74, 6) is -1.31. The highest BCUT2D eigenvalue weighted by molar-refractivity contribution is 9.10. The van der Waals surface area contributed by atoms with Crippen LogP contribution < -0.4 is 18.9 Å². The number of ether oxygens (including phenoxy) is 2. The standard InChI is InChI=1S/C19H20Br2N6O4S/c1-2-7-26-32(28,29)27-17-16(13-3-5-14(20)6-4-13)18(25-12-24-17)30-8-9-31-19-22-10-15(21)11-23-19/h3-6,10-12,26H,2,7-9H2,1H3,(H,24,25,27)/i3D,4D,5D,6D,9D2,10D,11D,12D. The predicted molar refractivity (Wildman–Crippen MR) is 127 cm³/mol. The van der Waals surface area contributed by atoms with Crippen LogP contribution in [-0.4, -0.2) is 48.1 Å². The first-order valence-electron chi connectivity index (χ1n) is 13.2. The summed E-state index contributed by atoms with van der Waals surface area (Å²) in [5.41, 5.74) is -1.01. The van der Waals surface area contributed by atoms with Crippen molar-refractivity contribution in [3.63, 3.8) is 0 Å². The van der Waals surface area contributed by atoms with Gasteiger partial charge in [-0.15, -0.1) is 0 Å². The lowest BCUT2D eigenvalue weighted by atomic mass is 10.1. The fourth-order valence-corrected chi connectivity index (χ4v) is 3.36. The van der Waals surface area contributed by atoms with Crippen molar-refractivity contribution in [2.24, 2.45) is 0 Å². The smallest absolute Gasteiger partial charge is 0.316 e. The van der Waals surface area contributed by atoms with Gasteiger partial charge in [0, 0.05) is 23.4 Å². The monoisotopic (exact) mass is 595 g/mol. The van der Waals surface area contributed by atoms with Crippen molar-refractivity contribution in [3.8, 4) is 23.0 Å². The van der Waals surface area contributed by atoms with Crippen molar-refractivity contribution < 1.29 is 30.2 Å². The van der Waals surface area contributed by atoms with E-state index in [1.165, 1.54) is 0 Å². The van der Waals surface area contributed by atoms with Crippen LogP contribution in [0.4, 0.5) is 5.82 Å². The molecule has 1 aromatic carbocycles. The Bertz CT molecular complexity index is 1550. The van der Waals surface area contributed by atoms with Crippen LogP contribution in [0.15, 0.2) is 51.8 Å². The van der Waals surface area contributed by atoms with E-state index in [1.54, 1.807) is 6.92 Å². The number of rotatable bonds is 11. The van der Waals surface area contributed by atoms with Gasteiger partial charge in [-0.05, 0) is 40.0 Å². The summed E-state index contributed by atoms with van der Waals surface area (Å²) in [4.78, 5) is 14.8. The molecule has 0 unspecified atom stereocenters. The van der Waals surface area contributed by atoms with E-state index >= 15 is 0 Å². The zero-order chi connectivity index (χ0) is 30.9. The summed E-state index contributed by atoms with van der Waals surface area (Å²) < 4.78 is 113. The number of benzene rings is 1. The normalized spacial score (nSPS) is 15.7. The van der Waals surface area contributed by atoms with Gasteiger partial charge in [0.15, 0.2) is 5.82 Å². The summed E-state index contributed by atoms with van der Waals surface area (Å²) in [7, 11) is -4.32. The molecule has 0 fully saturated rings. The molecule has 3 aromatic rings. The van der Waals surface area contributed by atoms with E-state index in [0.717, 1.165) is 0 Å². The molecule has 170 valence electrons. The van der Waals surface area contributed by atoms with Crippen molar-refractivity contribution in [2.45, 2.75) is 13.3 Å². The highest BCUT2D eigenvalue weighted by atomic mass is 79.9. The second-order valence-corrected chi connectivity index (χ2v) is 8.71. The third kappa shape index (κ3) is 7.08. The summed E-state index contributed by atoms with van der Waals surface area (Å²) >= 11 is 5.92. The van der Waals surface area contributed by atoms with Gasteiger partial charge in [0.2, 0.25) is 5.88 Å². The Morgan fingerprint density at radius 1 is 1.06 bits per heavy atom. The minimum absolute atomic E-state index is 0.0298. The van der Waals surface area contributed by atoms with E-state index in [9.17, 15) is 8.42 Å². The zero-order valence-corrected chi connectivity index (χ0v) is 20.2. The Morgan fingerprint density at radius 3 is 2.47 bits per heavy atom. The lowest BCUT2D eigenvalue weighted by Crippen LogP contribution is -2.31. The van der Waals surface area contributed by atoms with Crippen LogP contribution >= 0.6 is 31.9 Å². The Labute approximate surface area is 215 Å². The maximum Gasteiger partial charge on any atom is 0.316 e. The van der Waals surface area contributed by atoms with Gasteiger partial charge in [-0.25, -0.2) is 19.9 Å². The number of aromatic nitrogens is 4. The predicted octanol–water partition coefficient (Wildman–Crippen LogP) is 3.57. The van der Waals surface area contributed by atoms with Crippen molar-refractivity contribution in [1.82, 2.24) is 24.7 Å². The van der Waals surface area contributed by atoms with Gasteiger partial charge in [0.25, 0.3) is 10.2 Å². The van der Waals surface area contributed by atoms with Crippen molar-refractivity contribution >= 4 is 47.9 Å². The second kappa shape index (κ2) is 11.5. The molecule has 10 nitrogen and oxygen atoms in total. The van der Waals surface area contributed by atoms with Crippen molar-refractivity contribution in [2.75, 3.05) is 24.4 Å². The highest BCUT2D eigenvalue weighted by Crippen LogP contribution is 2.34. The summed E-state index contributed by atoms with van der Waals surface area (Å²) in [6, 6.07) is -2.99. The quantitative estimate of drug-likeness (QED) is 0.344. The molecule has 0 aliphatic rings. The van der Waals surface area contributed by atoms with Gasteiger partial charge in [-0.3, -0.25) is 4.72 Å². The average molecular weight is 597 g/mol. The van der Waals surface area contributed by atoms with E-state index in [-0.39, 0.29) is 15.5 Å². The van der Waals surface area contributed by atoms with Crippen LogP contribution in [-0.2, 0) is 10.2 Å². The molecule has 32 heavy (non-hydrogen) atoms. The molecule has 2 heterocycles. The van der Waals surface area contributed by atoms with Crippen molar-refractivity contribution in [1.29, 1.82) is 0 Å². The summed E-state index contributed by atoms with van der Waals surface area (Å²) in [6.07, 6.45) is -1.25. The van der Waals surface area contributed by atoms with Crippen LogP contribution in [0, 0.1) is 0 Å². The summed E-state index contributed by atoms with van der Waals surface area (Å²) in [6.45, 7) is -2.03. The minimum atomic E-state index is -4.32. The molecule has 0 saturated carbocycles. The van der Waals surface area contributed by atoms with E-state index in [0.29, 0.717) is 6.42 Å². The van der Waals surface area contributed by atoms with E-state index in [1.807, 2.05) is 0 Å². The fourth-order valence-electron chi connectivity index (χ4n) is 2.04. The van der Waals surface area contributed by atoms with E-state index in [2.05, 4.69) is 61.2 Å². The first-order chi connectivity index (χ1) is 19.0. The lowest BCUT2D eigenvalue weighted by Gasteiger charge is -2.15. The number of nitrogens with one attached hydrogen (secondary N) is 2. The van der Waals surface area contributed by atoms with Gasteiger partial charge in [-0.1, -0.05) is 34.9 Å². The molecule has 0 radical (unpaired) electrons. The number of hydrogen-bond donors (Lipinski definition) is 2. The molecule has 2 aromatic heterocycles. The lowest BCUT2D eigenvalue weighted by molar-refractivity contribution is 0.202. The fraction of sp³-hybridized carbons (Fsp3) is 0.263. The van der Waals surface area contributed by atoms with Gasteiger partial charge in [0.1, 0.15) is 20.8 Å². The number of hydrogen-bond acceptors (Lipinski definition) is 8. The molecular weight excluding hydrogens is 568 g/mol. The average Bonchev–Trinajstić information content (AvgIpc) is 2.87. The molecular formula is C19H20Br2N6O4S. The highest BCUT2D eigenvalue weighted by Gasteiger charge is 2.19. The van der Waals surface area contributed by atoms with Crippen LogP contribution in [0.3, 0.4) is 0 Å². The SMILES string of the molecule is [2H]c1nc(NS(=O)(=O)NCCC)c(-c2c([2H])c([2H])c(Br)c([2H])c2[2H])c(OCC([2H])([2H])Oc2nc([2H])c(Br)c([2H])n2)n1. The zero-order valence-electron chi connectivity index (χ0n) is 25.2. The third-order valence-corrected chi connectivity index (χ3v) is 5.11. The molecule has 2 N–H and O–H groups in total. The number of nitrogens with zero attached hydrogens (tertiary/aromatic N) is 4. The maximum atomic E-state index is 12.6. The van der Waals surface area contributed by atoms with Gasteiger partial charge in [0.05, 0.1) is 21.0 Å². The first kappa shape index (κ1) is 14.7. The third-order valence-electron chi connectivity index (χ3n) is 3.31. The Hall–Kier alpha value is -2.35. The van der Waals surface area contributed by atoms with Crippen LogP contribution in [0.1, 0.15) is 25.7 Å². The number of halogens is 2.